The highest BCUT2D eigenvalue weighted by atomic mass is 16.6. The van der Waals surface area contributed by atoms with E-state index in [1.807, 2.05) is 0 Å². The summed E-state index contributed by atoms with van der Waals surface area (Å²) in [5.41, 5.74) is 5.71. The highest BCUT2D eigenvalue weighted by molar-refractivity contribution is 5.99. The highest BCUT2D eigenvalue weighted by Gasteiger charge is 2.24. The van der Waals surface area contributed by atoms with Crippen LogP contribution in [0.5, 0.6) is 0 Å². The molecule has 140 valence electrons. The van der Waals surface area contributed by atoms with Crippen LogP contribution in [-0.2, 0) is 16.0 Å². The second-order valence-corrected chi connectivity index (χ2v) is 5.59. The Morgan fingerprint density at radius 2 is 1.81 bits per heavy atom. The van der Waals surface area contributed by atoms with Crippen LogP contribution in [-0.4, -0.2) is 35.9 Å². The number of nitrogens with one attached hydrogen (secondary N) is 1. The van der Waals surface area contributed by atoms with E-state index < -0.39 is 28.7 Å². The van der Waals surface area contributed by atoms with Gasteiger partial charge in [-0.05, 0) is 18.2 Å². The van der Waals surface area contributed by atoms with E-state index in [1.165, 1.54) is 49.6 Å². The number of carbonyl (C=O) groups is 3. The molecular formula is C18H17N3O6. The summed E-state index contributed by atoms with van der Waals surface area (Å²) in [7, 11) is 1.21. The number of hydrogen-bond donors (Lipinski definition) is 2. The molecule has 3 N–H and O–H groups in total. The van der Waals surface area contributed by atoms with Crippen molar-refractivity contribution >= 4 is 23.5 Å². The minimum Gasteiger partial charge on any atom is -0.465 e. The molecule has 0 spiro atoms. The number of benzene rings is 2. The predicted octanol–water partition coefficient (Wildman–Crippen LogP) is 1.21. The number of rotatable bonds is 7. The number of nitro benzene ring substituents is 1. The maximum atomic E-state index is 12.4. The zero-order valence-electron chi connectivity index (χ0n) is 14.4. The molecule has 0 unspecified atom stereocenters. The van der Waals surface area contributed by atoms with Crippen LogP contribution < -0.4 is 11.1 Å². The summed E-state index contributed by atoms with van der Waals surface area (Å²) in [5, 5.41) is 13.5. The number of ether oxygens (including phenoxy) is 1. The lowest BCUT2D eigenvalue weighted by Crippen LogP contribution is -2.46. The van der Waals surface area contributed by atoms with E-state index in [0.717, 1.165) is 0 Å². The Balaban J connectivity index is 2.22. The normalized spacial score (nSPS) is 11.3. The lowest BCUT2D eigenvalue weighted by molar-refractivity contribution is -0.385. The summed E-state index contributed by atoms with van der Waals surface area (Å²) >= 11 is 0. The molecule has 2 amide bonds. The molecule has 27 heavy (non-hydrogen) atoms. The first-order valence-corrected chi connectivity index (χ1v) is 7.84. The highest BCUT2D eigenvalue weighted by Crippen LogP contribution is 2.19. The standard InChI is InChI=1S/C18H17N3O6/c1-27-18(24)13-7-4-6-12(9-13)17(23)20-14(16(19)22)10-11-5-2-3-8-15(11)21(25)26/h2-9,14H,10H2,1H3,(H2,19,22)(H,20,23)/t14-/m1/s1. The molecule has 0 saturated heterocycles. The molecule has 2 aromatic carbocycles. The van der Waals surface area contributed by atoms with E-state index in [2.05, 4.69) is 10.1 Å². The van der Waals surface area contributed by atoms with Gasteiger partial charge in [0.05, 0.1) is 17.6 Å². The van der Waals surface area contributed by atoms with Gasteiger partial charge in [0.15, 0.2) is 0 Å². The number of nitrogens with zero attached hydrogens (tertiary/aromatic N) is 1. The SMILES string of the molecule is COC(=O)c1cccc(C(=O)N[C@H](Cc2ccccc2[N+](=O)[O-])C(N)=O)c1. The lowest BCUT2D eigenvalue weighted by atomic mass is 10.0. The summed E-state index contributed by atoms with van der Waals surface area (Å²) in [5.74, 6) is -2.11. The van der Waals surface area contributed by atoms with E-state index >= 15 is 0 Å². The molecule has 0 aliphatic heterocycles. The number of hydrogen-bond acceptors (Lipinski definition) is 6. The van der Waals surface area contributed by atoms with Crippen molar-refractivity contribution < 1.29 is 24.0 Å². The zero-order valence-corrected chi connectivity index (χ0v) is 14.4. The molecule has 0 radical (unpaired) electrons. The molecule has 0 fully saturated rings. The third-order valence-corrected chi connectivity index (χ3v) is 3.81. The van der Waals surface area contributed by atoms with Crippen molar-refractivity contribution in [3.8, 4) is 0 Å². The molecule has 0 heterocycles. The van der Waals surface area contributed by atoms with Gasteiger partial charge in [-0.2, -0.15) is 0 Å². The van der Waals surface area contributed by atoms with Gasteiger partial charge < -0.3 is 15.8 Å². The van der Waals surface area contributed by atoms with Crippen molar-refractivity contribution in [3.05, 3.63) is 75.3 Å². The summed E-state index contributed by atoms with van der Waals surface area (Å²) in [6.45, 7) is 0. The minimum atomic E-state index is -1.17. The Morgan fingerprint density at radius 3 is 2.44 bits per heavy atom. The minimum absolute atomic E-state index is 0.117. The summed E-state index contributed by atoms with van der Waals surface area (Å²) in [4.78, 5) is 46.3. The van der Waals surface area contributed by atoms with Crippen molar-refractivity contribution in [1.82, 2.24) is 5.32 Å². The fourth-order valence-electron chi connectivity index (χ4n) is 2.45. The first-order valence-electron chi connectivity index (χ1n) is 7.84. The molecular weight excluding hydrogens is 354 g/mol. The fraction of sp³-hybridized carbons (Fsp3) is 0.167. The number of para-hydroxylation sites is 1. The van der Waals surface area contributed by atoms with Gasteiger partial charge in [-0.25, -0.2) is 4.79 Å². The Hall–Kier alpha value is -3.75. The lowest BCUT2D eigenvalue weighted by Gasteiger charge is -2.16. The third kappa shape index (κ3) is 4.88. The summed E-state index contributed by atoms with van der Waals surface area (Å²) in [6, 6.07) is 10.4. The monoisotopic (exact) mass is 371 g/mol. The van der Waals surface area contributed by atoms with Crippen LogP contribution in [0, 0.1) is 10.1 Å². The molecule has 0 aliphatic carbocycles. The molecule has 2 rings (SSSR count). The van der Waals surface area contributed by atoms with Gasteiger partial charge in [-0.15, -0.1) is 0 Å². The number of methoxy groups -OCH3 is 1. The number of nitrogens with two attached hydrogens (primary N) is 1. The molecule has 0 saturated carbocycles. The molecule has 9 heteroatoms. The number of amides is 2. The van der Waals surface area contributed by atoms with Crippen molar-refractivity contribution in [2.75, 3.05) is 7.11 Å². The average Bonchev–Trinajstić information content (AvgIpc) is 2.66. The van der Waals surface area contributed by atoms with E-state index in [4.69, 9.17) is 5.73 Å². The van der Waals surface area contributed by atoms with Crippen LogP contribution in [0.1, 0.15) is 26.3 Å². The van der Waals surface area contributed by atoms with Crippen molar-refractivity contribution in [3.63, 3.8) is 0 Å². The van der Waals surface area contributed by atoms with Crippen LogP contribution in [0.25, 0.3) is 0 Å². The van der Waals surface area contributed by atoms with Crippen LogP contribution in [0.4, 0.5) is 5.69 Å². The van der Waals surface area contributed by atoms with Gasteiger partial charge in [0.25, 0.3) is 11.6 Å². The molecule has 9 nitrogen and oxygen atoms in total. The third-order valence-electron chi connectivity index (χ3n) is 3.81. The zero-order chi connectivity index (χ0) is 20.0. The van der Waals surface area contributed by atoms with Crippen molar-refractivity contribution in [2.24, 2.45) is 5.73 Å². The second-order valence-electron chi connectivity index (χ2n) is 5.59. The van der Waals surface area contributed by atoms with E-state index in [0.29, 0.717) is 0 Å². The molecule has 0 aliphatic rings. The smallest absolute Gasteiger partial charge is 0.337 e. The van der Waals surface area contributed by atoms with Crippen LogP contribution in [0.15, 0.2) is 48.5 Å². The van der Waals surface area contributed by atoms with Crippen molar-refractivity contribution in [1.29, 1.82) is 0 Å². The maximum absolute atomic E-state index is 12.4. The fourth-order valence-corrected chi connectivity index (χ4v) is 2.45. The van der Waals surface area contributed by atoms with Gasteiger partial charge in [-0.3, -0.25) is 19.7 Å². The average molecular weight is 371 g/mol. The molecule has 0 aromatic heterocycles. The van der Waals surface area contributed by atoms with Crippen LogP contribution in [0.3, 0.4) is 0 Å². The van der Waals surface area contributed by atoms with Crippen molar-refractivity contribution in [2.45, 2.75) is 12.5 Å². The Bertz CT molecular complexity index is 896. The van der Waals surface area contributed by atoms with Gasteiger partial charge in [0.2, 0.25) is 5.91 Å². The van der Waals surface area contributed by atoms with E-state index in [1.54, 1.807) is 6.07 Å². The quantitative estimate of drug-likeness (QED) is 0.425. The largest absolute Gasteiger partial charge is 0.465 e. The number of carbonyl (C=O) groups excluding carboxylic acids is 3. The first-order chi connectivity index (χ1) is 12.8. The van der Waals surface area contributed by atoms with E-state index in [9.17, 15) is 24.5 Å². The summed E-state index contributed by atoms with van der Waals surface area (Å²) in [6.07, 6.45) is -0.144. The first kappa shape index (κ1) is 19.6. The van der Waals surface area contributed by atoms with Crippen LogP contribution >= 0.6 is 0 Å². The Labute approximate surface area is 154 Å². The molecule has 0 bridgehead atoms. The van der Waals surface area contributed by atoms with Gasteiger partial charge in [-0.1, -0.05) is 24.3 Å². The maximum Gasteiger partial charge on any atom is 0.337 e. The van der Waals surface area contributed by atoms with E-state index in [-0.39, 0.29) is 28.8 Å². The Morgan fingerprint density at radius 1 is 1.15 bits per heavy atom. The topological polar surface area (TPSA) is 142 Å². The Kier molecular flexibility index (Phi) is 6.21. The van der Waals surface area contributed by atoms with Crippen LogP contribution in [0.2, 0.25) is 0 Å². The number of esters is 1. The van der Waals surface area contributed by atoms with Gasteiger partial charge >= 0.3 is 5.97 Å². The number of primary amides is 1. The second kappa shape index (κ2) is 8.56. The van der Waals surface area contributed by atoms with Gasteiger partial charge in [0.1, 0.15) is 6.04 Å². The van der Waals surface area contributed by atoms with Gasteiger partial charge in [0, 0.05) is 23.6 Å². The molecule has 2 aromatic rings. The predicted molar refractivity (Wildman–Crippen MR) is 95.0 cm³/mol. The number of nitro groups is 1. The summed E-state index contributed by atoms with van der Waals surface area (Å²) < 4.78 is 4.60. The molecule has 1 atom stereocenters.